The van der Waals surface area contributed by atoms with Gasteiger partial charge in [-0.3, -0.25) is 14.4 Å². The summed E-state index contributed by atoms with van der Waals surface area (Å²) in [5.74, 6) is -0.789. The number of ether oxygens (including phenoxy) is 1. The summed E-state index contributed by atoms with van der Waals surface area (Å²) >= 11 is 0. The van der Waals surface area contributed by atoms with Gasteiger partial charge in [-0.25, -0.2) is 0 Å². The third-order valence-corrected chi connectivity index (χ3v) is 3.87. The van der Waals surface area contributed by atoms with Gasteiger partial charge in [0.2, 0.25) is 5.91 Å². The van der Waals surface area contributed by atoms with Crippen LogP contribution in [0.2, 0.25) is 0 Å². The van der Waals surface area contributed by atoms with E-state index in [1.165, 1.54) is 7.11 Å². The van der Waals surface area contributed by atoms with Crippen LogP contribution in [0.4, 0.5) is 5.69 Å². The fraction of sp³-hybridized carbons (Fsp3) is 0.471. The first kappa shape index (κ1) is 17.8. The second-order valence-electron chi connectivity index (χ2n) is 5.75. The average Bonchev–Trinajstić information content (AvgIpc) is 2.96. The van der Waals surface area contributed by atoms with Crippen molar-refractivity contribution in [3.8, 4) is 5.75 Å². The van der Waals surface area contributed by atoms with Crippen LogP contribution in [0.5, 0.6) is 5.75 Å². The number of carbonyl (C=O) groups excluding carboxylic acids is 3. The van der Waals surface area contributed by atoms with E-state index < -0.39 is 11.8 Å². The Balaban J connectivity index is 1.77. The predicted octanol–water partition coefficient (Wildman–Crippen LogP) is 1.07. The molecule has 130 valence electrons. The largest absolute Gasteiger partial charge is 0.495 e. The molecule has 0 saturated carbocycles. The lowest BCUT2D eigenvalue weighted by molar-refractivity contribution is -0.136. The minimum absolute atomic E-state index is 0.158. The second-order valence-corrected chi connectivity index (χ2v) is 5.75. The molecule has 0 aromatic heterocycles. The molecule has 0 bridgehead atoms. The highest BCUT2D eigenvalue weighted by molar-refractivity contribution is 6.39. The van der Waals surface area contributed by atoms with E-state index in [9.17, 15) is 14.4 Å². The number of benzene rings is 1. The van der Waals surface area contributed by atoms with E-state index in [0.29, 0.717) is 37.4 Å². The van der Waals surface area contributed by atoms with Crippen LogP contribution < -0.4 is 15.4 Å². The lowest BCUT2D eigenvalue weighted by Crippen LogP contribution is -2.37. The van der Waals surface area contributed by atoms with Crippen LogP contribution in [0.15, 0.2) is 18.2 Å². The van der Waals surface area contributed by atoms with Gasteiger partial charge in [-0.15, -0.1) is 0 Å². The number of likely N-dealkylation sites (tertiary alicyclic amines) is 1. The Morgan fingerprint density at radius 3 is 2.75 bits per heavy atom. The summed E-state index contributed by atoms with van der Waals surface area (Å²) < 4.78 is 5.16. The van der Waals surface area contributed by atoms with Crippen LogP contribution >= 0.6 is 0 Å². The Labute approximate surface area is 141 Å². The topological polar surface area (TPSA) is 87.7 Å². The molecule has 2 N–H and O–H groups in total. The number of methoxy groups -OCH3 is 1. The van der Waals surface area contributed by atoms with Crippen molar-refractivity contribution in [2.75, 3.05) is 32.1 Å². The van der Waals surface area contributed by atoms with Crippen molar-refractivity contribution in [3.63, 3.8) is 0 Å². The Morgan fingerprint density at radius 1 is 1.29 bits per heavy atom. The van der Waals surface area contributed by atoms with Crippen LogP contribution in [-0.4, -0.2) is 49.4 Å². The summed E-state index contributed by atoms with van der Waals surface area (Å²) in [5, 5.41) is 5.11. The van der Waals surface area contributed by atoms with Crippen molar-refractivity contribution in [2.24, 2.45) is 0 Å². The van der Waals surface area contributed by atoms with Gasteiger partial charge in [0.15, 0.2) is 0 Å². The molecule has 0 aliphatic carbocycles. The van der Waals surface area contributed by atoms with Crippen molar-refractivity contribution in [3.05, 3.63) is 23.8 Å². The van der Waals surface area contributed by atoms with Gasteiger partial charge in [0.1, 0.15) is 5.75 Å². The number of hydrogen-bond donors (Lipinski definition) is 2. The van der Waals surface area contributed by atoms with Crippen molar-refractivity contribution < 1.29 is 19.1 Å². The highest BCUT2D eigenvalue weighted by Gasteiger charge is 2.20. The zero-order valence-corrected chi connectivity index (χ0v) is 14.1. The molecule has 24 heavy (non-hydrogen) atoms. The van der Waals surface area contributed by atoms with Crippen molar-refractivity contribution >= 4 is 23.4 Å². The van der Waals surface area contributed by atoms with Crippen LogP contribution in [0.1, 0.15) is 24.8 Å². The number of amides is 3. The number of aryl methyl sites for hydroxylation is 1. The van der Waals surface area contributed by atoms with Gasteiger partial charge in [0, 0.05) is 26.1 Å². The summed E-state index contributed by atoms with van der Waals surface area (Å²) in [6.45, 7) is 3.61. The van der Waals surface area contributed by atoms with Gasteiger partial charge in [-0.1, -0.05) is 6.07 Å². The van der Waals surface area contributed by atoms with Gasteiger partial charge in [-0.2, -0.15) is 0 Å². The van der Waals surface area contributed by atoms with E-state index in [0.717, 1.165) is 18.5 Å². The molecule has 1 aromatic rings. The molecule has 3 amide bonds. The summed E-state index contributed by atoms with van der Waals surface area (Å²) in [6, 6.07) is 5.33. The Kier molecular flexibility index (Phi) is 6.17. The molecular formula is C17H23N3O4. The number of rotatable bonds is 6. The standard InChI is InChI=1S/C17H23N3O4/c1-12-6-7-14(24-2)13(11-12)19-17(23)16(22)18-8-4-10-20-9-3-5-15(20)21/h6-7,11H,3-5,8-10H2,1-2H3,(H,18,22)(H,19,23). The second kappa shape index (κ2) is 8.33. The SMILES string of the molecule is COc1ccc(C)cc1NC(=O)C(=O)NCCCN1CCCC1=O. The molecule has 1 fully saturated rings. The minimum Gasteiger partial charge on any atom is -0.495 e. The van der Waals surface area contributed by atoms with Crippen molar-refractivity contribution in [2.45, 2.75) is 26.2 Å². The maximum atomic E-state index is 12.0. The van der Waals surface area contributed by atoms with E-state index in [2.05, 4.69) is 10.6 Å². The predicted molar refractivity (Wildman–Crippen MR) is 89.8 cm³/mol. The lowest BCUT2D eigenvalue weighted by Gasteiger charge is -2.15. The number of carbonyl (C=O) groups is 3. The lowest BCUT2D eigenvalue weighted by atomic mass is 10.2. The third-order valence-electron chi connectivity index (χ3n) is 3.87. The molecule has 0 atom stereocenters. The smallest absolute Gasteiger partial charge is 0.313 e. The number of hydrogen-bond acceptors (Lipinski definition) is 4. The first-order chi connectivity index (χ1) is 11.5. The first-order valence-electron chi connectivity index (χ1n) is 8.03. The van der Waals surface area contributed by atoms with E-state index in [-0.39, 0.29) is 5.91 Å². The molecule has 1 heterocycles. The van der Waals surface area contributed by atoms with Gasteiger partial charge in [0.05, 0.1) is 12.8 Å². The molecule has 7 nitrogen and oxygen atoms in total. The monoisotopic (exact) mass is 333 g/mol. The highest BCUT2D eigenvalue weighted by Crippen LogP contribution is 2.24. The van der Waals surface area contributed by atoms with Crippen LogP contribution in [0.25, 0.3) is 0 Å². The van der Waals surface area contributed by atoms with Gasteiger partial charge < -0.3 is 20.3 Å². The van der Waals surface area contributed by atoms with Crippen molar-refractivity contribution in [1.29, 1.82) is 0 Å². The molecule has 2 rings (SSSR count). The molecule has 1 aliphatic rings. The molecule has 1 aromatic carbocycles. The third kappa shape index (κ3) is 4.71. The van der Waals surface area contributed by atoms with E-state index in [1.807, 2.05) is 13.0 Å². The maximum Gasteiger partial charge on any atom is 0.313 e. The van der Waals surface area contributed by atoms with E-state index in [1.54, 1.807) is 17.0 Å². The normalized spacial score (nSPS) is 13.8. The first-order valence-corrected chi connectivity index (χ1v) is 8.03. The van der Waals surface area contributed by atoms with Crippen LogP contribution in [0, 0.1) is 6.92 Å². The average molecular weight is 333 g/mol. The summed E-state index contributed by atoms with van der Waals surface area (Å²) in [5.41, 5.74) is 1.40. The van der Waals surface area contributed by atoms with Gasteiger partial charge in [0.25, 0.3) is 0 Å². The number of nitrogens with one attached hydrogen (secondary N) is 2. The van der Waals surface area contributed by atoms with Crippen LogP contribution in [0.3, 0.4) is 0 Å². The molecule has 0 unspecified atom stereocenters. The summed E-state index contributed by atoms with van der Waals surface area (Å²) in [6.07, 6.45) is 2.12. The highest BCUT2D eigenvalue weighted by atomic mass is 16.5. The quantitative estimate of drug-likeness (QED) is 0.602. The van der Waals surface area contributed by atoms with E-state index >= 15 is 0 Å². The fourth-order valence-corrected chi connectivity index (χ4v) is 2.59. The summed E-state index contributed by atoms with van der Waals surface area (Å²) in [4.78, 5) is 37.0. The summed E-state index contributed by atoms with van der Waals surface area (Å²) in [7, 11) is 1.50. The van der Waals surface area contributed by atoms with Gasteiger partial charge in [-0.05, 0) is 37.5 Å². The van der Waals surface area contributed by atoms with E-state index in [4.69, 9.17) is 4.74 Å². The number of nitrogens with zero attached hydrogens (tertiary/aromatic N) is 1. The minimum atomic E-state index is -0.740. The van der Waals surface area contributed by atoms with Crippen LogP contribution in [-0.2, 0) is 14.4 Å². The zero-order valence-electron chi connectivity index (χ0n) is 14.1. The Hall–Kier alpha value is -2.57. The Bertz CT molecular complexity index is 630. The van der Waals surface area contributed by atoms with Gasteiger partial charge >= 0.3 is 11.8 Å². The molecule has 1 saturated heterocycles. The number of anilines is 1. The molecule has 7 heteroatoms. The fourth-order valence-electron chi connectivity index (χ4n) is 2.59. The maximum absolute atomic E-state index is 12.0. The Morgan fingerprint density at radius 2 is 2.08 bits per heavy atom. The molecule has 0 spiro atoms. The molecule has 1 aliphatic heterocycles. The molecular weight excluding hydrogens is 310 g/mol. The molecule has 0 radical (unpaired) electrons. The van der Waals surface area contributed by atoms with Crippen molar-refractivity contribution in [1.82, 2.24) is 10.2 Å². The zero-order chi connectivity index (χ0) is 17.5.